The molecule has 0 saturated heterocycles. The van der Waals surface area contributed by atoms with Gasteiger partial charge in [0.1, 0.15) is 0 Å². The van der Waals surface area contributed by atoms with Crippen LogP contribution < -0.4 is 21.3 Å². The number of anilines is 3. The Morgan fingerprint density at radius 2 is 1.34 bits per heavy atom. The maximum Gasteiger partial charge on any atom is 0.247 e. The Hall–Kier alpha value is -5.03. The van der Waals surface area contributed by atoms with Crippen LogP contribution in [0.5, 0.6) is 0 Å². The SMILES string of the molecule is CC(=O)/C=C(/C)O.Cc1cccc(C)c1B1c2ccccc2N(c2c(C)cccc2C)c2ccc(-c3ccnc(-c4[c-]cccc4)c3)cc21.[Ir]. The fourth-order valence-electron chi connectivity index (χ4n) is 7.00. The largest absolute Gasteiger partial charge is 0.512 e. The Bertz CT molecular complexity index is 2150. The van der Waals surface area contributed by atoms with E-state index >= 15 is 0 Å². The average molecular weight is 832 g/mol. The number of pyridine rings is 1. The van der Waals surface area contributed by atoms with Gasteiger partial charge in [0.05, 0.1) is 11.4 Å². The van der Waals surface area contributed by atoms with Crippen molar-refractivity contribution in [2.75, 3.05) is 4.90 Å². The molecule has 50 heavy (non-hydrogen) atoms. The first kappa shape index (κ1) is 36.3. The Morgan fingerprint density at radius 1 is 0.720 bits per heavy atom. The van der Waals surface area contributed by atoms with Crippen molar-refractivity contribution in [2.45, 2.75) is 41.5 Å². The van der Waals surface area contributed by atoms with Crippen LogP contribution in [-0.4, -0.2) is 22.6 Å². The number of aryl methyl sites for hydroxylation is 4. The van der Waals surface area contributed by atoms with Crippen molar-refractivity contribution in [3.8, 4) is 22.4 Å². The second-order valence-corrected chi connectivity index (χ2v) is 12.7. The number of carbonyl (C=O) groups is 1. The number of allylic oxidation sites excluding steroid dienone is 2. The van der Waals surface area contributed by atoms with Gasteiger partial charge >= 0.3 is 0 Å². The van der Waals surface area contributed by atoms with E-state index in [1.54, 1.807) is 0 Å². The van der Waals surface area contributed by atoms with E-state index < -0.39 is 0 Å². The second kappa shape index (κ2) is 15.7. The topological polar surface area (TPSA) is 53.4 Å². The minimum Gasteiger partial charge on any atom is -0.512 e. The molecule has 5 aromatic carbocycles. The van der Waals surface area contributed by atoms with Crippen molar-refractivity contribution in [2.24, 2.45) is 0 Å². The van der Waals surface area contributed by atoms with Crippen LogP contribution in [0.25, 0.3) is 22.4 Å². The molecule has 0 saturated carbocycles. The maximum atomic E-state index is 10.0. The fraction of sp³-hybridized carbons (Fsp3) is 0.136. The number of aliphatic hydroxyl groups is 1. The molecule has 7 rings (SSSR count). The molecule has 0 amide bonds. The predicted molar refractivity (Wildman–Crippen MR) is 206 cm³/mol. The number of nitrogens with zero attached hydrogens (tertiary/aromatic N) is 2. The molecule has 2 heterocycles. The van der Waals surface area contributed by atoms with Gasteiger partial charge < -0.3 is 15.0 Å². The molecule has 6 aromatic rings. The molecule has 0 fully saturated rings. The molecule has 0 unspecified atom stereocenters. The third-order valence-electron chi connectivity index (χ3n) is 9.05. The Labute approximate surface area is 310 Å². The minimum atomic E-state index is -0.125. The molecular formula is C44H40BIrN2O2-. The number of aliphatic hydroxyl groups excluding tert-OH is 1. The van der Waals surface area contributed by atoms with Crippen LogP contribution in [0.3, 0.4) is 0 Å². The second-order valence-electron chi connectivity index (χ2n) is 12.7. The third kappa shape index (κ3) is 7.43. The summed E-state index contributed by atoms with van der Waals surface area (Å²) >= 11 is 0. The monoisotopic (exact) mass is 832 g/mol. The molecule has 4 nitrogen and oxygen atoms in total. The van der Waals surface area contributed by atoms with Gasteiger partial charge in [-0.1, -0.05) is 89.4 Å². The van der Waals surface area contributed by atoms with Crippen LogP contribution in [0.1, 0.15) is 36.1 Å². The summed E-state index contributed by atoms with van der Waals surface area (Å²) in [5.41, 5.74) is 17.2. The molecule has 0 spiro atoms. The predicted octanol–water partition coefficient (Wildman–Crippen LogP) is 8.78. The van der Waals surface area contributed by atoms with Gasteiger partial charge in [-0.25, -0.2) is 0 Å². The van der Waals surface area contributed by atoms with Crippen molar-refractivity contribution >= 4 is 45.9 Å². The van der Waals surface area contributed by atoms with E-state index in [1.165, 1.54) is 81.2 Å². The van der Waals surface area contributed by atoms with Crippen LogP contribution in [0.4, 0.5) is 17.1 Å². The van der Waals surface area contributed by atoms with E-state index in [2.05, 4.69) is 141 Å². The van der Waals surface area contributed by atoms with Crippen LogP contribution in [-0.2, 0) is 24.9 Å². The van der Waals surface area contributed by atoms with E-state index in [0.717, 1.165) is 16.8 Å². The number of hydrogen-bond acceptors (Lipinski definition) is 4. The third-order valence-corrected chi connectivity index (χ3v) is 9.05. The summed E-state index contributed by atoms with van der Waals surface area (Å²) in [5, 5.41) is 8.36. The number of rotatable bonds is 5. The van der Waals surface area contributed by atoms with E-state index in [-0.39, 0.29) is 38.4 Å². The van der Waals surface area contributed by atoms with Crippen molar-refractivity contribution in [3.05, 3.63) is 162 Å². The first-order chi connectivity index (χ1) is 23.6. The molecule has 1 radical (unpaired) electrons. The van der Waals surface area contributed by atoms with Crippen LogP contribution in [0.15, 0.2) is 133 Å². The molecule has 0 bridgehead atoms. The number of hydrogen-bond donors (Lipinski definition) is 1. The standard InChI is InChI=1S/C39H32BN2.C5H8O2.Ir/c1-26-12-10-13-27(2)38(26)40-33-18-8-9-19-36(33)42(39-28(3)14-11-15-29(39)4)37-21-20-31(24-34(37)40)32-22-23-41-35(25-32)30-16-6-5-7-17-30;1-4(6)3-5(2)7;/h5-16,18-25H,1-4H3;3,6H,1-2H3;/q-1;;/b;4-3-;. The molecule has 0 aliphatic carbocycles. The van der Waals surface area contributed by atoms with Crippen molar-refractivity contribution in [1.29, 1.82) is 0 Å². The van der Waals surface area contributed by atoms with Gasteiger partial charge in [0, 0.05) is 43.8 Å². The summed E-state index contributed by atoms with van der Waals surface area (Å²) in [5.74, 6) is -0.0625. The summed E-state index contributed by atoms with van der Waals surface area (Å²) in [4.78, 5) is 17.2. The number of benzene rings is 5. The Morgan fingerprint density at radius 3 is 1.96 bits per heavy atom. The summed E-state index contributed by atoms with van der Waals surface area (Å²) in [6.07, 6.45) is 3.08. The molecular weight excluding hydrogens is 792 g/mol. The average Bonchev–Trinajstić information content (AvgIpc) is 3.08. The van der Waals surface area contributed by atoms with Gasteiger partial charge in [-0.15, -0.1) is 35.9 Å². The number of carbonyl (C=O) groups excluding carboxylic acids is 1. The molecule has 1 aliphatic heterocycles. The summed E-state index contributed by atoms with van der Waals surface area (Å²) in [6.45, 7) is 11.9. The molecule has 0 atom stereocenters. The number of ketones is 1. The molecule has 6 heteroatoms. The van der Waals surface area contributed by atoms with Gasteiger partial charge in [-0.3, -0.25) is 4.79 Å². The number of fused-ring (bicyclic) bond motifs is 2. The first-order valence-electron chi connectivity index (χ1n) is 16.6. The van der Waals surface area contributed by atoms with Gasteiger partial charge in [0.2, 0.25) is 6.71 Å². The molecule has 1 N–H and O–H groups in total. The van der Waals surface area contributed by atoms with Gasteiger partial charge in [0.15, 0.2) is 5.78 Å². The number of para-hydroxylation sites is 2. The zero-order chi connectivity index (χ0) is 34.7. The minimum absolute atomic E-state index is 0. The fourth-order valence-corrected chi connectivity index (χ4v) is 7.00. The summed E-state index contributed by atoms with van der Waals surface area (Å²) in [7, 11) is 0. The molecule has 1 aromatic heterocycles. The Balaban J connectivity index is 0.000000553. The molecule has 1 aliphatic rings. The normalized spacial score (nSPS) is 11.8. The van der Waals surface area contributed by atoms with Crippen molar-refractivity contribution in [1.82, 2.24) is 4.98 Å². The van der Waals surface area contributed by atoms with E-state index in [9.17, 15) is 4.79 Å². The van der Waals surface area contributed by atoms with Crippen molar-refractivity contribution < 1.29 is 30.0 Å². The molecule has 251 valence electrons. The van der Waals surface area contributed by atoms with Crippen LogP contribution >= 0.6 is 0 Å². The van der Waals surface area contributed by atoms with E-state index in [4.69, 9.17) is 5.11 Å². The van der Waals surface area contributed by atoms with Crippen LogP contribution in [0.2, 0.25) is 0 Å². The van der Waals surface area contributed by atoms with Gasteiger partial charge in [-0.2, -0.15) is 0 Å². The van der Waals surface area contributed by atoms with Gasteiger partial charge in [0.25, 0.3) is 0 Å². The summed E-state index contributed by atoms with van der Waals surface area (Å²) in [6, 6.07) is 44.9. The van der Waals surface area contributed by atoms with E-state index in [1.807, 2.05) is 24.4 Å². The smallest absolute Gasteiger partial charge is 0.247 e. The summed E-state index contributed by atoms with van der Waals surface area (Å²) < 4.78 is 0. The zero-order valence-corrected chi connectivity index (χ0v) is 31.7. The first-order valence-corrected chi connectivity index (χ1v) is 16.6. The Kier molecular flexibility index (Phi) is 11.4. The van der Waals surface area contributed by atoms with Crippen LogP contribution in [0, 0.1) is 33.8 Å². The maximum absolute atomic E-state index is 10.0. The van der Waals surface area contributed by atoms with Crippen molar-refractivity contribution in [3.63, 3.8) is 0 Å². The van der Waals surface area contributed by atoms with E-state index in [0.29, 0.717) is 0 Å². The quantitative estimate of drug-likeness (QED) is 0.0817. The number of aromatic nitrogens is 1. The zero-order valence-electron chi connectivity index (χ0n) is 29.3. The van der Waals surface area contributed by atoms with Gasteiger partial charge in [-0.05, 0) is 98.6 Å².